The summed E-state index contributed by atoms with van der Waals surface area (Å²) in [5.74, 6) is -1.23. The molecule has 1 rings (SSSR count). The second kappa shape index (κ2) is 5.71. The van der Waals surface area contributed by atoms with E-state index in [9.17, 15) is 13.2 Å². The van der Waals surface area contributed by atoms with E-state index in [0.717, 1.165) is 6.07 Å². The molecule has 7 heteroatoms. The number of aromatic carboxylic acids is 1. The van der Waals surface area contributed by atoms with E-state index in [1.807, 2.05) is 0 Å². The van der Waals surface area contributed by atoms with Crippen molar-refractivity contribution in [2.75, 3.05) is 7.11 Å². The molecule has 0 aliphatic rings. The number of carboxylic acid groups (broad SMARTS) is 1. The van der Waals surface area contributed by atoms with E-state index in [2.05, 4.69) is 0 Å². The first-order valence-electron chi connectivity index (χ1n) is 5.43. The van der Waals surface area contributed by atoms with E-state index in [1.165, 1.54) is 19.2 Å². The molecule has 0 bridgehead atoms. The summed E-state index contributed by atoms with van der Waals surface area (Å²) in [6, 6.07) is 5.21. The molecule has 0 aliphatic carbocycles. The Morgan fingerprint density at radius 2 is 2.16 bits per heavy atom. The van der Waals surface area contributed by atoms with Crippen molar-refractivity contribution in [1.82, 2.24) is 0 Å². The lowest BCUT2D eigenvalue weighted by molar-refractivity contribution is 0.0693. The molecule has 0 saturated carbocycles. The molecule has 0 heterocycles. The lowest BCUT2D eigenvalue weighted by Crippen LogP contribution is -2.19. The summed E-state index contributed by atoms with van der Waals surface area (Å²) in [5, 5.41) is 16.6. The van der Waals surface area contributed by atoms with Gasteiger partial charge in [-0.15, -0.1) is 0 Å². The first-order chi connectivity index (χ1) is 8.88. The van der Waals surface area contributed by atoms with Crippen molar-refractivity contribution >= 4 is 15.8 Å². The maximum atomic E-state index is 12.1. The van der Waals surface area contributed by atoms with E-state index in [4.69, 9.17) is 15.1 Å². The number of rotatable bonds is 5. The molecule has 0 spiro atoms. The fourth-order valence-electron chi connectivity index (χ4n) is 1.58. The van der Waals surface area contributed by atoms with Crippen molar-refractivity contribution in [3.63, 3.8) is 0 Å². The predicted molar refractivity (Wildman–Crippen MR) is 66.8 cm³/mol. The number of ether oxygens (including phenoxy) is 1. The molecule has 0 fully saturated rings. The van der Waals surface area contributed by atoms with Crippen LogP contribution in [-0.4, -0.2) is 31.9 Å². The summed E-state index contributed by atoms with van der Waals surface area (Å²) < 4.78 is 29.1. The highest BCUT2D eigenvalue weighted by Gasteiger charge is 2.27. The Morgan fingerprint density at radius 1 is 1.53 bits per heavy atom. The molecule has 19 heavy (non-hydrogen) atoms. The Morgan fingerprint density at radius 3 is 2.58 bits per heavy atom. The molecule has 0 radical (unpaired) electrons. The average Bonchev–Trinajstić information content (AvgIpc) is 2.38. The summed E-state index contributed by atoms with van der Waals surface area (Å²) in [5.41, 5.74) is -0.253. The molecule has 0 aromatic heterocycles. The summed E-state index contributed by atoms with van der Waals surface area (Å²) in [7, 11) is -2.57. The Labute approximate surface area is 111 Å². The number of hydrogen-bond acceptors (Lipinski definition) is 5. The van der Waals surface area contributed by atoms with E-state index in [1.54, 1.807) is 13.0 Å². The van der Waals surface area contributed by atoms with Crippen LogP contribution in [0.25, 0.3) is 0 Å². The molecule has 0 saturated heterocycles. The van der Waals surface area contributed by atoms with Crippen molar-refractivity contribution in [3.8, 4) is 11.8 Å². The van der Waals surface area contributed by atoms with Gasteiger partial charge in [-0.3, -0.25) is 0 Å². The van der Waals surface area contributed by atoms with Crippen LogP contribution in [0.3, 0.4) is 0 Å². The van der Waals surface area contributed by atoms with Gasteiger partial charge in [0.25, 0.3) is 0 Å². The third-order valence-electron chi connectivity index (χ3n) is 2.62. The van der Waals surface area contributed by atoms with Crippen LogP contribution in [-0.2, 0) is 9.84 Å². The average molecular weight is 283 g/mol. The number of methoxy groups -OCH3 is 1. The molecule has 1 unspecified atom stereocenters. The summed E-state index contributed by atoms with van der Waals surface area (Å²) in [6.07, 6.45) is 0.132. The van der Waals surface area contributed by atoms with Gasteiger partial charge in [-0.05, 0) is 24.6 Å². The lowest BCUT2D eigenvalue weighted by Gasteiger charge is -2.11. The Bertz CT molecular complexity index is 630. The Hall–Kier alpha value is -2.07. The minimum atomic E-state index is -3.86. The second-order valence-corrected chi connectivity index (χ2v) is 5.87. The molecule has 1 N–H and O–H groups in total. The van der Waals surface area contributed by atoms with Gasteiger partial charge in [-0.1, -0.05) is 6.92 Å². The maximum Gasteiger partial charge on any atom is 0.339 e. The van der Waals surface area contributed by atoms with E-state index < -0.39 is 21.1 Å². The van der Waals surface area contributed by atoms with Crippen molar-refractivity contribution in [3.05, 3.63) is 23.8 Å². The van der Waals surface area contributed by atoms with Gasteiger partial charge in [0.1, 0.15) is 11.3 Å². The number of nitrogens with zero attached hydrogens (tertiary/aromatic N) is 1. The molecule has 0 aliphatic heterocycles. The van der Waals surface area contributed by atoms with E-state index >= 15 is 0 Å². The number of hydrogen-bond donors (Lipinski definition) is 1. The van der Waals surface area contributed by atoms with Gasteiger partial charge in [0.2, 0.25) is 0 Å². The Balaban J connectivity index is 3.42. The fourth-order valence-corrected chi connectivity index (χ4v) is 3.02. The van der Waals surface area contributed by atoms with Gasteiger partial charge in [-0.2, -0.15) is 5.26 Å². The molecule has 102 valence electrons. The first-order valence-corrected chi connectivity index (χ1v) is 6.98. The van der Waals surface area contributed by atoms with Crippen molar-refractivity contribution in [2.24, 2.45) is 0 Å². The largest absolute Gasteiger partial charge is 0.496 e. The quantitative estimate of drug-likeness (QED) is 0.877. The molecular formula is C12H13NO5S. The summed E-state index contributed by atoms with van der Waals surface area (Å²) >= 11 is 0. The zero-order chi connectivity index (χ0) is 14.6. The van der Waals surface area contributed by atoms with Gasteiger partial charge in [0, 0.05) is 0 Å². The van der Waals surface area contributed by atoms with Crippen LogP contribution >= 0.6 is 0 Å². The second-order valence-electron chi connectivity index (χ2n) is 3.74. The number of nitriles is 1. The molecular weight excluding hydrogens is 270 g/mol. The standard InChI is InChI=1S/C12H13NO5S/c1-3-8(7-13)19(16,17)9-4-5-11(18-2)10(6-9)12(14)15/h4-6,8H,3H2,1-2H3,(H,14,15). The van der Waals surface area contributed by atoms with Gasteiger partial charge in [0.15, 0.2) is 15.1 Å². The first kappa shape index (κ1) is 15.0. The SMILES string of the molecule is CCC(C#N)S(=O)(=O)c1ccc(OC)c(C(=O)O)c1. The fraction of sp³-hybridized carbons (Fsp3) is 0.333. The van der Waals surface area contributed by atoms with Crippen molar-refractivity contribution < 1.29 is 23.1 Å². The highest BCUT2D eigenvalue weighted by molar-refractivity contribution is 7.92. The number of carbonyl (C=O) groups is 1. The summed E-state index contributed by atoms with van der Waals surface area (Å²) in [6.45, 7) is 1.58. The predicted octanol–water partition coefficient (Wildman–Crippen LogP) is 1.47. The highest BCUT2D eigenvalue weighted by atomic mass is 32.2. The smallest absolute Gasteiger partial charge is 0.339 e. The Kier molecular flexibility index (Phi) is 4.51. The summed E-state index contributed by atoms with van der Waals surface area (Å²) in [4.78, 5) is 10.8. The monoisotopic (exact) mass is 283 g/mol. The molecule has 1 atom stereocenters. The number of carboxylic acids is 1. The van der Waals surface area contributed by atoms with Crippen LogP contribution < -0.4 is 4.74 Å². The van der Waals surface area contributed by atoms with Crippen molar-refractivity contribution in [1.29, 1.82) is 5.26 Å². The highest BCUT2D eigenvalue weighted by Crippen LogP contribution is 2.25. The third kappa shape index (κ3) is 2.85. The zero-order valence-corrected chi connectivity index (χ0v) is 11.3. The topological polar surface area (TPSA) is 104 Å². The van der Waals surface area contributed by atoms with Gasteiger partial charge in [-0.25, -0.2) is 13.2 Å². The normalized spacial score (nSPS) is 12.5. The number of sulfone groups is 1. The van der Waals surface area contributed by atoms with Crippen LogP contribution in [0.15, 0.2) is 23.1 Å². The molecule has 1 aromatic carbocycles. The molecule has 1 aromatic rings. The number of benzene rings is 1. The molecule has 6 nitrogen and oxygen atoms in total. The lowest BCUT2D eigenvalue weighted by atomic mass is 10.2. The van der Waals surface area contributed by atoms with Gasteiger partial charge < -0.3 is 9.84 Å². The van der Waals surface area contributed by atoms with Crippen LogP contribution in [0.2, 0.25) is 0 Å². The molecule has 0 amide bonds. The van der Waals surface area contributed by atoms with Gasteiger partial charge >= 0.3 is 5.97 Å². The third-order valence-corrected chi connectivity index (χ3v) is 4.72. The van der Waals surface area contributed by atoms with E-state index in [-0.39, 0.29) is 22.6 Å². The van der Waals surface area contributed by atoms with Crippen LogP contribution in [0, 0.1) is 11.3 Å². The van der Waals surface area contributed by atoms with Gasteiger partial charge in [0.05, 0.1) is 18.1 Å². The van der Waals surface area contributed by atoms with Crippen molar-refractivity contribution in [2.45, 2.75) is 23.5 Å². The minimum Gasteiger partial charge on any atom is -0.496 e. The zero-order valence-electron chi connectivity index (χ0n) is 10.5. The minimum absolute atomic E-state index is 0.0662. The van der Waals surface area contributed by atoms with Crippen LogP contribution in [0.5, 0.6) is 5.75 Å². The maximum absolute atomic E-state index is 12.1. The van der Waals surface area contributed by atoms with Crippen LogP contribution in [0.4, 0.5) is 0 Å². The van der Waals surface area contributed by atoms with E-state index in [0.29, 0.717) is 0 Å². The van der Waals surface area contributed by atoms with Crippen LogP contribution in [0.1, 0.15) is 23.7 Å².